The van der Waals surface area contributed by atoms with Gasteiger partial charge in [-0.15, -0.1) is 0 Å². The Labute approximate surface area is 140 Å². The summed E-state index contributed by atoms with van der Waals surface area (Å²) >= 11 is 0. The Morgan fingerprint density at radius 3 is 2.04 bits per heavy atom. The van der Waals surface area contributed by atoms with Crippen LogP contribution in [0.25, 0.3) is 6.08 Å². The number of carbonyl (C=O) groups excluding carboxylic acids is 2. The molecule has 0 radical (unpaired) electrons. The number of hydrogen-bond donors (Lipinski definition) is 0. The van der Waals surface area contributed by atoms with Gasteiger partial charge in [-0.2, -0.15) is 0 Å². The monoisotopic (exact) mass is 340 g/mol. The molecule has 1 rings (SSSR count). The van der Waals surface area contributed by atoms with Crippen LogP contribution < -0.4 is 0 Å². The van der Waals surface area contributed by atoms with Gasteiger partial charge in [-0.3, -0.25) is 4.79 Å². The molecule has 132 valence electrons. The Kier molecular flexibility index (Phi) is 6.23. The summed E-state index contributed by atoms with van der Waals surface area (Å²) in [4.78, 5) is 23.7. The number of methoxy groups -OCH3 is 1. The molecule has 0 unspecified atom stereocenters. The minimum atomic E-state index is -2.94. The van der Waals surface area contributed by atoms with Gasteiger partial charge in [0, 0.05) is 18.1 Å². The molecule has 0 aliphatic carbocycles. The number of benzene rings is 1. The van der Waals surface area contributed by atoms with E-state index in [9.17, 15) is 18.4 Å². The number of ether oxygens (including phenoxy) is 2. The lowest BCUT2D eigenvalue weighted by Gasteiger charge is -2.19. The fourth-order valence-corrected chi connectivity index (χ4v) is 1.92. The third-order valence-electron chi connectivity index (χ3n) is 2.96. The smallest absolute Gasteiger partial charge is 0.334 e. The van der Waals surface area contributed by atoms with E-state index in [1.165, 1.54) is 37.5 Å². The van der Waals surface area contributed by atoms with Crippen LogP contribution in [-0.2, 0) is 25.0 Å². The highest BCUT2D eigenvalue weighted by molar-refractivity contribution is 5.98. The number of esters is 2. The van der Waals surface area contributed by atoms with Crippen molar-refractivity contribution in [3.05, 3.63) is 41.0 Å². The molecule has 6 heteroatoms. The molecule has 0 aliphatic heterocycles. The second-order valence-corrected chi connectivity index (χ2v) is 6.43. The maximum Gasteiger partial charge on any atom is 0.334 e. The van der Waals surface area contributed by atoms with Crippen molar-refractivity contribution in [2.24, 2.45) is 0 Å². The maximum atomic E-state index is 13.2. The van der Waals surface area contributed by atoms with Gasteiger partial charge in [0.1, 0.15) is 5.60 Å². The fourth-order valence-electron chi connectivity index (χ4n) is 1.92. The van der Waals surface area contributed by atoms with Gasteiger partial charge in [0.15, 0.2) is 0 Å². The van der Waals surface area contributed by atoms with Crippen molar-refractivity contribution in [1.82, 2.24) is 0 Å². The summed E-state index contributed by atoms with van der Waals surface area (Å²) in [5, 5.41) is 0. The first-order valence-corrected chi connectivity index (χ1v) is 7.41. The topological polar surface area (TPSA) is 52.6 Å². The van der Waals surface area contributed by atoms with Crippen molar-refractivity contribution in [2.45, 2.75) is 45.6 Å². The van der Waals surface area contributed by atoms with Crippen LogP contribution in [0.4, 0.5) is 8.78 Å². The average molecular weight is 340 g/mol. The maximum absolute atomic E-state index is 13.2. The van der Waals surface area contributed by atoms with Crippen molar-refractivity contribution in [3.8, 4) is 0 Å². The summed E-state index contributed by atoms with van der Waals surface area (Å²) in [6.07, 6.45) is 1.16. The second-order valence-electron chi connectivity index (χ2n) is 6.43. The van der Waals surface area contributed by atoms with E-state index in [1.54, 1.807) is 20.8 Å². The SMILES string of the molecule is COC(=O)/C(=C/c1ccc(C(C)(F)F)cc1)CC(=O)OC(C)(C)C. The highest BCUT2D eigenvalue weighted by atomic mass is 19.3. The lowest BCUT2D eigenvalue weighted by Crippen LogP contribution is -2.24. The van der Waals surface area contributed by atoms with Gasteiger partial charge in [-0.25, -0.2) is 13.6 Å². The number of halogens is 2. The molecule has 0 spiro atoms. The van der Waals surface area contributed by atoms with Crippen LogP contribution in [0.5, 0.6) is 0 Å². The van der Waals surface area contributed by atoms with Crippen LogP contribution in [0, 0.1) is 0 Å². The van der Waals surface area contributed by atoms with Gasteiger partial charge >= 0.3 is 11.9 Å². The highest BCUT2D eigenvalue weighted by Crippen LogP contribution is 2.27. The molecule has 0 aromatic heterocycles. The zero-order valence-electron chi connectivity index (χ0n) is 14.5. The molecular formula is C18H22F2O4. The second kappa shape index (κ2) is 7.55. The molecule has 0 heterocycles. The van der Waals surface area contributed by atoms with E-state index in [2.05, 4.69) is 4.74 Å². The van der Waals surface area contributed by atoms with Crippen molar-refractivity contribution in [2.75, 3.05) is 7.11 Å². The fraction of sp³-hybridized carbons (Fsp3) is 0.444. The summed E-state index contributed by atoms with van der Waals surface area (Å²) in [7, 11) is 1.20. The number of hydrogen-bond acceptors (Lipinski definition) is 4. The summed E-state index contributed by atoms with van der Waals surface area (Å²) in [6.45, 7) is 5.96. The third kappa shape index (κ3) is 6.48. The molecule has 24 heavy (non-hydrogen) atoms. The molecule has 0 fully saturated rings. The molecular weight excluding hydrogens is 318 g/mol. The largest absolute Gasteiger partial charge is 0.466 e. The molecule has 0 atom stereocenters. The van der Waals surface area contributed by atoms with Crippen LogP contribution in [0.1, 0.15) is 45.2 Å². The van der Waals surface area contributed by atoms with Crippen molar-refractivity contribution >= 4 is 18.0 Å². The minimum absolute atomic E-state index is 0.0859. The zero-order chi connectivity index (χ0) is 18.5. The van der Waals surface area contributed by atoms with E-state index in [4.69, 9.17) is 4.74 Å². The molecule has 1 aromatic rings. The molecule has 0 saturated carbocycles. The summed E-state index contributed by atoms with van der Waals surface area (Å²) in [5.41, 5.74) is -0.215. The average Bonchev–Trinajstić information content (AvgIpc) is 2.43. The number of carbonyl (C=O) groups is 2. The number of alkyl halides is 2. The van der Waals surface area contributed by atoms with Gasteiger partial charge in [0.25, 0.3) is 5.92 Å². The van der Waals surface area contributed by atoms with E-state index in [0.29, 0.717) is 5.56 Å². The predicted molar refractivity (Wildman–Crippen MR) is 86.5 cm³/mol. The highest BCUT2D eigenvalue weighted by Gasteiger charge is 2.24. The van der Waals surface area contributed by atoms with Gasteiger partial charge in [-0.05, 0) is 32.4 Å². The number of rotatable bonds is 5. The van der Waals surface area contributed by atoms with Gasteiger partial charge in [-0.1, -0.05) is 24.3 Å². The van der Waals surface area contributed by atoms with Crippen LogP contribution in [0.2, 0.25) is 0 Å². The van der Waals surface area contributed by atoms with Gasteiger partial charge < -0.3 is 9.47 Å². The summed E-state index contributed by atoms with van der Waals surface area (Å²) < 4.78 is 36.3. The first-order valence-electron chi connectivity index (χ1n) is 7.41. The summed E-state index contributed by atoms with van der Waals surface area (Å²) in [6, 6.07) is 5.44. The van der Waals surface area contributed by atoms with Gasteiger partial charge in [0.05, 0.1) is 13.5 Å². The van der Waals surface area contributed by atoms with Crippen LogP contribution >= 0.6 is 0 Å². The van der Waals surface area contributed by atoms with Gasteiger partial charge in [0.2, 0.25) is 0 Å². The van der Waals surface area contributed by atoms with Crippen molar-refractivity contribution in [1.29, 1.82) is 0 Å². The Bertz CT molecular complexity index is 620. The molecule has 0 aliphatic rings. The Balaban J connectivity index is 3.02. The van der Waals surface area contributed by atoms with E-state index >= 15 is 0 Å². The van der Waals surface area contributed by atoms with E-state index < -0.39 is 23.5 Å². The van der Waals surface area contributed by atoms with E-state index in [0.717, 1.165) is 6.92 Å². The Hall–Kier alpha value is -2.24. The minimum Gasteiger partial charge on any atom is -0.466 e. The van der Waals surface area contributed by atoms with Crippen LogP contribution in [-0.4, -0.2) is 24.6 Å². The van der Waals surface area contributed by atoms with Crippen LogP contribution in [0.15, 0.2) is 29.8 Å². The molecule has 0 bridgehead atoms. The lowest BCUT2D eigenvalue weighted by molar-refractivity contribution is -0.155. The molecule has 0 saturated heterocycles. The quantitative estimate of drug-likeness (QED) is 0.598. The van der Waals surface area contributed by atoms with E-state index in [-0.39, 0.29) is 17.6 Å². The molecule has 1 aromatic carbocycles. The Morgan fingerprint density at radius 1 is 1.08 bits per heavy atom. The van der Waals surface area contributed by atoms with Crippen LogP contribution in [0.3, 0.4) is 0 Å². The predicted octanol–water partition coefficient (Wildman–Crippen LogP) is 4.09. The first-order chi connectivity index (χ1) is 10.9. The van der Waals surface area contributed by atoms with Crippen molar-refractivity contribution < 1.29 is 27.8 Å². The lowest BCUT2D eigenvalue weighted by atomic mass is 10.0. The molecule has 0 amide bonds. The zero-order valence-corrected chi connectivity index (χ0v) is 14.5. The standard InChI is InChI=1S/C18H22F2O4/c1-17(2,3)24-15(21)11-13(16(22)23-5)10-12-6-8-14(9-7-12)18(4,19)20/h6-10H,11H2,1-5H3/b13-10+. The molecule has 0 N–H and O–H groups in total. The van der Waals surface area contributed by atoms with Crippen molar-refractivity contribution in [3.63, 3.8) is 0 Å². The third-order valence-corrected chi connectivity index (χ3v) is 2.96. The van der Waals surface area contributed by atoms with E-state index in [1.807, 2.05) is 0 Å². The first kappa shape index (κ1) is 19.8. The summed E-state index contributed by atoms with van der Waals surface area (Å²) in [5.74, 6) is -4.19. The molecule has 4 nitrogen and oxygen atoms in total. The Morgan fingerprint density at radius 2 is 1.62 bits per heavy atom. The normalized spacial score (nSPS) is 12.7.